The van der Waals surface area contributed by atoms with E-state index in [-0.39, 0.29) is 12.6 Å². The Labute approximate surface area is 87.1 Å². The molecule has 4 heteroatoms. The zero-order valence-corrected chi connectivity index (χ0v) is 8.90. The van der Waals surface area contributed by atoms with E-state index in [1.54, 1.807) is 17.8 Å². The molecule has 1 aromatic rings. The van der Waals surface area contributed by atoms with Crippen LogP contribution >= 0.6 is 23.4 Å². The fraction of sp³-hybridized carbons (Fsp3) is 0.333. The van der Waals surface area contributed by atoms with Crippen molar-refractivity contribution in [3.05, 3.63) is 28.8 Å². The Balaban J connectivity index is 2.95. The highest BCUT2D eigenvalue weighted by Crippen LogP contribution is 2.27. The van der Waals surface area contributed by atoms with Crippen molar-refractivity contribution < 1.29 is 5.11 Å². The lowest BCUT2D eigenvalue weighted by Crippen LogP contribution is -2.14. The topological polar surface area (TPSA) is 46.2 Å². The molecular weight excluding hydrogens is 206 g/mol. The minimum atomic E-state index is -0.339. The van der Waals surface area contributed by atoms with Crippen LogP contribution in [0.15, 0.2) is 23.1 Å². The van der Waals surface area contributed by atoms with Gasteiger partial charge >= 0.3 is 0 Å². The second-order valence-corrected chi connectivity index (χ2v) is 3.94. The number of aliphatic hydroxyl groups excluding tert-OH is 1. The molecule has 72 valence electrons. The molecule has 0 fully saturated rings. The van der Waals surface area contributed by atoms with Crippen LogP contribution in [-0.2, 0) is 0 Å². The number of hydrogen-bond donors (Lipinski definition) is 2. The van der Waals surface area contributed by atoms with Crippen LogP contribution in [0, 0.1) is 0 Å². The minimum absolute atomic E-state index is 0.0606. The number of nitrogens with two attached hydrogens (primary N) is 1. The highest BCUT2D eigenvalue weighted by Gasteiger charge is 2.06. The third-order valence-electron chi connectivity index (χ3n) is 1.80. The van der Waals surface area contributed by atoms with Gasteiger partial charge in [0.25, 0.3) is 0 Å². The summed E-state index contributed by atoms with van der Waals surface area (Å²) < 4.78 is 0. The predicted molar refractivity (Wildman–Crippen MR) is 57.2 cm³/mol. The van der Waals surface area contributed by atoms with E-state index in [1.807, 2.05) is 18.4 Å². The molecule has 0 saturated heterocycles. The quantitative estimate of drug-likeness (QED) is 0.762. The third-order valence-corrected chi connectivity index (χ3v) is 3.02. The molecule has 0 spiro atoms. The molecule has 1 atom stereocenters. The van der Waals surface area contributed by atoms with E-state index in [0.717, 1.165) is 10.5 Å². The van der Waals surface area contributed by atoms with E-state index in [0.29, 0.717) is 5.02 Å². The lowest BCUT2D eigenvalue weighted by atomic mass is 10.1. The van der Waals surface area contributed by atoms with Crippen molar-refractivity contribution in [1.82, 2.24) is 0 Å². The van der Waals surface area contributed by atoms with Gasteiger partial charge in [-0.15, -0.1) is 11.8 Å². The van der Waals surface area contributed by atoms with E-state index in [4.69, 9.17) is 22.4 Å². The van der Waals surface area contributed by atoms with Gasteiger partial charge in [-0.05, 0) is 24.0 Å². The van der Waals surface area contributed by atoms with E-state index >= 15 is 0 Å². The molecule has 0 aliphatic carbocycles. The Morgan fingerprint density at radius 2 is 2.31 bits per heavy atom. The van der Waals surface area contributed by atoms with Crippen LogP contribution in [-0.4, -0.2) is 18.0 Å². The molecule has 0 saturated carbocycles. The fourth-order valence-corrected chi connectivity index (χ4v) is 1.90. The van der Waals surface area contributed by atoms with Crippen molar-refractivity contribution in [3.8, 4) is 0 Å². The molecule has 0 amide bonds. The normalized spacial score (nSPS) is 12.9. The summed E-state index contributed by atoms with van der Waals surface area (Å²) in [5, 5.41) is 9.52. The first-order chi connectivity index (χ1) is 6.19. The summed E-state index contributed by atoms with van der Waals surface area (Å²) in [6.45, 7) is -0.0606. The summed E-state index contributed by atoms with van der Waals surface area (Å²) >= 11 is 7.56. The Bertz CT molecular complexity index is 293. The summed E-state index contributed by atoms with van der Waals surface area (Å²) in [4.78, 5) is 1.02. The number of rotatable bonds is 3. The monoisotopic (exact) mass is 217 g/mol. The number of halogens is 1. The van der Waals surface area contributed by atoms with Crippen LogP contribution in [0.25, 0.3) is 0 Å². The Kier molecular flexibility index (Phi) is 4.06. The molecular formula is C9H12ClNOS. The van der Waals surface area contributed by atoms with Gasteiger partial charge in [-0.25, -0.2) is 0 Å². The van der Waals surface area contributed by atoms with Gasteiger partial charge in [0.15, 0.2) is 0 Å². The van der Waals surface area contributed by atoms with Crippen LogP contribution in [0.1, 0.15) is 11.6 Å². The standard InChI is InChI=1S/C9H12ClNOS/c1-13-9-3-2-6(4-7(9)10)8(11)5-12/h2-4,8,12H,5,11H2,1H3. The van der Waals surface area contributed by atoms with E-state index in [9.17, 15) is 0 Å². The Morgan fingerprint density at radius 1 is 1.62 bits per heavy atom. The maximum absolute atomic E-state index is 8.83. The Hall–Kier alpha value is -0.220. The van der Waals surface area contributed by atoms with Gasteiger partial charge in [-0.3, -0.25) is 0 Å². The number of benzene rings is 1. The largest absolute Gasteiger partial charge is 0.394 e. The van der Waals surface area contributed by atoms with Crippen LogP contribution in [0.5, 0.6) is 0 Å². The summed E-state index contributed by atoms with van der Waals surface area (Å²) in [6, 6.07) is 5.26. The molecule has 1 unspecified atom stereocenters. The van der Waals surface area contributed by atoms with Gasteiger partial charge in [-0.1, -0.05) is 17.7 Å². The zero-order chi connectivity index (χ0) is 9.84. The molecule has 3 N–H and O–H groups in total. The summed E-state index contributed by atoms with van der Waals surface area (Å²) in [5.41, 5.74) is 6.51. The van der Waals surface area contributed by atoms with Crippen molar-refractivity contribution in [2.45, 2.75) is 10.9 Å². The minimum Gasteiger partial charge on any atom is -0.394 e. The molecule has 0 aliphatic rings. The molecule has 0 aromatic heterocycles. The van der Waals surface area contributed by atoms with Crippen LogP contribution < -0.4 is 5.73 Å². The number of hydrogen-bond acceptors (Lipinski definition) is 3. The van der Waals surface area contributed by atoms with E-state index in [1.165, 1.54) is 0 Å². The van der Waals surface area contributed by atoms with E-state index < -0.39 is 0 Å². The first kappa shape index (κ1) is 10.9. The van der Waals surface area contributed by atoms with Gasteiger partial charge in [-0.2, -0.15) is 0 Å². The van der Waals surface area contributed by atoms with Gasteiger partial charge < -0.3 is 10.8 Å². The van der Waals surface area contributed by atoms with E-state index in [2.05, 4.69) is 0 Å². The maximum atomic E-state index is 8.83. The van der Waals surface area contributed by atoms with Crippen molar-refractivity contribution >= 4 is 23.4 Å². The molecule has 2 nitrogen and oxygen atoms in total. The lowest BCUT2D eigenvalue weighted by Gasteiger charge is -2.09. The fourth-order valence-electron chi connectivity index (χ4n) is 1.02. The molecule has 0 aliphatic heterocycles. The van der Waals surface area contributed by atoms with Crippen LogP contribution in [0.4, 0.5) is 0 Å². The van der Waals surface area contributed by atoms with Crippen molar-refractivity contribution in [2.24, 2.45) is 5.73 Å². The van der Waals surface area contributed by atoms with Gasteiger partial charge in [0.1, 0.15) is 0 Å². The predicted octanol–water partition coefficient (Wildman–Crippen LogP) is 2.05. The molecule has 13 heavy (non-hydrogen) atoms. The first-order valence-electron chi connectivity index (χ1n) is 3.89. The summed E-state index contributed by atoms with van der Waals surface area (Å²) in [7, 11) is 0. The van der Waals surface area contributed by atoms with Gasteiger partial charge in [0.2, 0.25) is 0 Å². The number of thioether (sulfide) groups is 1. The molecule has 1 aromatic carbocycles. The van der Waals surface area contributed by atoms with Crippen molar-refractivity contribution in [2.75, 3.05) is 12.9 Å². The summed E-state index contributed by atoms with van der Waals surface area (Å²) in [6.07, 6.45) is 1.97. The van der Waals surface area contributed by atoms with Crippen LogP contribution in [0.3, 0.4) is 0 Å². The molecule has 0 bridgehead atoms. The lowest BCUT2D eigenvalue weighted by molar-refractivity contribution is 0.268. The average Bonchev–Trinajstić information content (AvgIpc) is 2.16. The highest BCUT2D eigenvalue weighted by atomic mass is 35.5. The number of aliphatic hydroxyl groups is 1. The third kappa shape index (κ3) is 2.61. The van der Waals surface area contributed by atoms with Crippen molar-refractivity contribution in [1.29, 1.82) is 0 Å². The van der Waals surface area contributed by atoms with Gasteiger partial charge in [0, 0.05) is 4.90 Å². The summed E-state index contributed by atoms with van der Waals surface area (Å²) in [5.74, 6) is 0. The second kappa shape index (κ2) is 4.86. The first-order valence-corrected chi connectivity index (χ1v) is 5.49. The maximum Gasteiger partial charge on any atom is 0.0624 e. The highest BCUT2D eigenvalue weighted by molar-refractivity contribution is 7.98. The SMILES string of the molecule is CSc1ccc(C(N)CO)cc1Cl. The Morgan fingerprint density at radius 3 is 2.77 bits per heavy atom. The smallest absolute Gasteiger partial charge is 0.0624 e. The zero-order valence-electron chi connectivity index (χ0n) is 7.33. The second-order valence-electron chi connectivity index (χ2n) is 2.68. The van der Waals surface area contributed by atoms with Gasteiger partial charge in [0.05, 0.1) is 17.7 Å². The average molecular weight is 218 g/mol. The molecule has 1 rings (SSSR count). The van der Waals surface area contributed by atoms with Crippen LogP contribution in [0.2, 0.25) is 5.02 Å². The molecule has 0 heterocycles. The molecule has 0 radical (unpaired) electrons. The van der Waals surface area contributed by atoms with Crippen molar-refractivity contribution in [3.63, 3.8) is 0 Å².